The standard InChI is InChI=1S/C43H47FIN7O14S2/c1-24-28(6-4-7-31(24)32-8-5-9-34(25(32)2)65-23-30-18-52(50-49-30)43-40(44)42(56)41(55)37(20-53)66-43)22-64-36-12-35(63-21-27-10-26(13-46)14-47-15-27)29(11-33(36)45)17-51(3)19-38(54)48-16-39(67(57,58)59)68(60,61)62/h4-12,14-15,18,37,39-43,53,55-56H,16-17,19-23H2,1-3H3,(H,48,54)(H,57,58,59)(H,60,61,62)/t37?,40?,41-,42?,43-/m1/s1. The highest BCUT2D eigenvalue weighted by atomic mass is 127. The second-order valence-electron chi connectivity index (χ2n) is 15.8. The molecule has 1 amide bonds. The molecule has 3 unspecified atom stereocenters. The zero-order valence-corrected chi connectivity index (χ0v) is 40.3. The molecule has 21 nitrogen and oxygen atoms in total. The molecule has 364 valence electrons. The van der Waals surface area contributed by atoms with Crippen LogP contribution in [0.1, 0.15) is 45.3 Å². The van der Waals surface area contributed by atoms with Gasteiger partial charge >= 0.3 is 0 Å². The van der Waals surface area contributed by atoms with Crippen LogP contribution in [0.25, 0.3) is 11.1 Å². The van der Waals surface area contributed by atoms with Crippen LogP contribution in [0.4, 0.5) is 4.39 Å². The minimum Gasteiger partial charge on any atom is -0.488 e. The summed E-state index contributed by atoms with van der Waals surface area (Å²) in [5.74, 6) is 0.558. The van der Waals surface area contributed by atoms with Gasteiger partial charge in [0.15, 0.2) is 12.4 Å². The Balaban J connectivity index is 1.16. The summed E-state index contributed by atoms with van der Waals surface area (Å²) >= 11 is 2.10. The Morgan fingerprint density at radius 2 is 1.62 bits per heavy atom. The SMILES string of the molecule is Cc1c(COc2cc(OCc3cncc(C#N)c3)c(CN(C)CC(=O)NCC(S(=O)(=O)O)S(=O)(=O)O)cc2I)cccc1-c1cccc(OCc2cn([C@@H]3OC(CO)[C@@H](O)C(O)C3F)nn2)c1C. The van der Waals surface area contributed by atoms with E-state index in [2.05, 4.69) is 43.2 Å². The minimum atomic E-state index is -5.25. The van der Waals surface area contributed by atoms with Crippen LogP contribution in [0.15, 0.2) is 73.2 Å². The highest BCUT2D eigenvalue weighted by molar-refractivity contribution is 14.1. The summed E-state index contributed by atoms with van der Waals surface area (Å²) in [6, 6.07) is 18.5. The first-order chi connectivity index (χ1) is 32.2. The number of amides is 1. The van der Waals surface area contributed by atoms with Crippen LogP contribution in [0.2, 0.25) is 0 Å². The summed E-state index contributed by atoms with van der Waals surface area (Å²) in [7, 11) is -8.94. The predicted molar refractivity (Wildman–Crippen MR) is 247 cm³/mol. The van der Waals surface area contributed by atoms with Crippen LogP contribution in [-0.4, -0.2) is 128 Å². The van der Waals surface area contributed by atoms with Gasteiger partial charge in [-0.2, -0.15) is 22.1 Å². The monoisotopic (exact) mass is 1100 g/mol. The fraction of sp³-hybridized carbons (Fsp3) is 0.372. The molecule has 1 aliphatic rings. The molecule has 1 saturated heterocycles. The number of aliphatic hydroxyl groups excluding tert-OH is 3. The molecule has 25 heteroatoms. The van der Waals surface area contributed by atoms with Crippen LogP contribution in [0.5, 0.6) is 17.2 Å². The van der Waals surface area contributed by atoms with Gasteiger partial charge in [-0.05, 0) is 89.5 Å². The first-order valence-electron chi connectivity index (χ1n) is 20.5. The number of aliphatic hydroxyl groups is 3. The van der Waals surface area contributed by atoms with E-state index in [0.717, 1.165) is 32.5 Å². The van der Waals surface area contributed by atoms with Gasteiger partial charge in [0.25, 0.3) is 20.2 Å². The van der Waals surface area contributed by atoms with E-state index in [4.69, 9.17) is 18.9 Å². The van der Waals surface area contributed by atoms with Crippen molar-refractivity contribution in [3.8, 4) is 34.4 Å². The number of benzene rings is 3. The molecule has 1 fully saturated rings. The summed E-state index contributed by atoms with van der Waals surface area (Å²) in [6.07, 6.45) is -3.74. The summed E-state index contributed by atoms with van der Waals surface area (Å²) in [5.41, 5.74) is 6.23. The van der Waals surface area contributed by atoms with Gasteiger partial charge in [-0.15, -0.1) is 5.10 Å². The lowest BCUT2D eigenvalue weighted by Gasteiger charge is -2.38. The second-order valence-corrected chi connectivity index (χ2v) is 20.4. The van der Waals surface area contributed by atoms with Gasteiger partial charge in [0.05, 0.1) is 35.0 Å². The van der Waals surface area contributed by atoms with Gasteiger partial charge in [-0.25, -0.2) is 9.07 Å². The largest absolute Gasteiger partial charge is 0.488 e. The number of alkyl halides is 1. The van der Waals surface area contributed by atoms with E-state index in [1.807, 2.05) is 50.2 Å². The number of hydrogen-bond acceptors (Lipinski definition) is 17. The topological polar surface area (TPSA) is 306 Å². The molecule has 0 saturated carbocycles. The van der Waals surface area contributed by atoms with E-state index >= 15 is 0 Å². The molecule has 68 heavy (non-hydrogen) atoms. The Morgan fingerprint density at radius 1 is 0.941 bits per heavy atom. The van der Waals surface area contributed by atoms with E-state index in [9.17, 15) is 55.7 Å². The smallest absolute Gasteiger partial charge is 0.286 e. The lowest BCUT2D eigenvalue weighted by atomic mass is 9.93. The second kappa shape index (κ2) is 22.3. The Kier molecular flexibility index (Phi) is 17.1. The molecule has 3 heterocycles. The zero-order valence-electron chi connectivity index (χ0n) is 36.5. The molecule has 0 radical (unpaired) electrons. The number of rotatable bonds is 20. The Hall–Kier alpha value is -5.41. The van der Waals surface area contributed by atoms with Gasteiger partial charge in [-0.3, -0.25) is 23.8 Å². The maximum absolute atomic E-state index is 14.9. The number of hydrogen-bond donors (Lipinski definition) is 6. The Labute approximate surface area is 404 Å². The number of likely N-dealkylation sites (N-methyl/N-ethyl adjacent to an activating group) is 1. The van der Waals surface area contributed by atoms with E-state index in [-0.39, 0.29) is 32.9 Å². The molecule has 3 aromatic carbocycles. The number of ether oxygens (including phenoxy) is 4. The van der Waals surface area contributed by atoms with E-state index < -0.39 is 74.6 Å². The predicted octanol–water partition coefficient (Wildman–Crippen LogP) is 2.77. The summed E-state index contributed by atoms with van der Waals surface area (Å²) in [5, 5.41) is 49.1. The maximum Gasteiger partial charge on any atom is 0.286 e. The maximum atomic E-state index is 14.9. The highest BCUT2D eigenvalue weighted by Crippen LogP contribution is 2.36. The number of aromatic nitrogens is 4. The van der Waals surface area contributed by atoms with Crippen LogP contribution >= 0.6 is 22.6 Å². The first-order valence-corrected chi connectivity index (χ1v) is 24.5. The number of nitriles is 1. The molecule has 6 N–H and O–H groups in total. The number of carbonyl (C=O) groups excluding carboxylic acids is 1. The third-order valence-corrected chi connectivity index (χ3v) is 14.8. The van der Waals surface area contributed by atoms with Crippen molar-refractivity contribution in [2.24, 2.45) is 0 Å². The first kappa shape index (κ1) is 52.0. The van der Waals surface area contributed by atoms with Crippen molar-refractivity contribution in [2.45, 2.75) is 75.5 Å². The lowest BCUT2D eigenvalue weighted by molar-refractivity contribution is -0.237. The van der Waals surface area contributed by atoms with Crippen molar-refractivity contribution < 1.29 is 69.4 Å². The molecular formula is C43H47FIN7O14S2. The summed E-state index contributed by atoms with van der Waals surface area (Å²) in [6.45, 7) is 1.97. The zero-order chi connectivity index (χ0) is 49.5. The van der Waals surface area contributed by atoms with Crippen LogP contribution in [0.3, 0.4) is 0 Å². The molecule has 0 aliphatic carbocycles. The quantitative estimate of drug-likeness (QED) is 0.0482. The molecule has 0 spiro atoms. The summed E-state index contributed by atoms with van der Waals surface area (Å²) in [4.78, 5) is 18.3. The Bertz CT molecular complexity index is 2850. The average Bonchev–Trinajstić information content (AvgIpc) is 3.75. The normalized spacial score (nSPS) is 18.6. The fourth-order valence-electron chi connectivity index (χ4n) is 7.22. The molecule has 5 atom stereocenters. The van der Waals surface area contributed by atoms with Gasteiger partial charge in [0, 0.05) is 36.1 Å². The Morgan fingerprint density at radius 3 is 2.31 bits per heavy atom. The number of halogens is 2. The van der Waals surface area contributed by atoms with Gasteiger partial charge < -0.3 is 39.6 Å². The fourth-order valence-corrected chi connectivity index (χ4v) is 9.72. The number of nitrogens with zero attached hydrogens (tertiary/aromatic N) is 6. The van der Waals surface area contributed by atoms with E-state index in [1.54, 1.807) is 37.5 Å². The van der Waals surface area contributed by atoms with Gasteiger partial charge in [0.2, 0.25) is 10.5 Å². The average molecular weight is 1100 g/mol. The van der Waals surface area contributed by atoms with Crippen LogP contribution in [-0.2, 0) is 56.1 Å². The van der Waals surface area contributed by atoms with Gasteiger partial charge in [-0.1, -0.05) is 35.5 Å². The minimum absolute atomic E-state index is 0.00735. The van der Waals surface area contributed by atoms with Crippen LogP contribution < -0.4 is 19.5 Å². The molecular weight excluding hydrogens is 1050 g/mol. The lowest BCUT2D eigenvalue weighted by Crippen LogP contribution is -2.55. The molecule has 0 bridgehead atoms. The third-order valence-electron chi connectivity index (χ3n) is 10.8. The van der Waals surface area contributed by atoms with Crippen molar-refractivity contribution in [1.29, 1.82) is 5.26 Å². The highest BCUT2D eigenvalue weighted by Gasteiger charge is 2.46. The van der Waals surface area contributed by atoms with Crippen molar-refractivity contribution in [3.05, 3.63) is 116 Å². The van der Waals surface area contributed by atoms with E-state index in [1.165, 1.54) is 17.3 Å². The molecule has 2 aromatic heterocycles. The van der Waals surface area contributed by atoms with Crippen molar-refractivity contribution >= 4 is 48.7 Å². The van der Waals surface area contributed by atoms with Crippen LogP contribution in [0, 0.1) is 28.7 Å². The van der Waals surface area contributed by atoms with Crippen molar-refractivity contribution in [3.63, 3.8) is 0 Å². The van der Waals surface area contributed by atoms with Gasteiger partial charge in [0.1, 0.15) is 67.1 Å². The number of carbonyl (C=O) groups is 1. The molecule has 5 aromatic rings. The van der Waals surface area contributed by atoms with Crippen molar-refractivity contribution in [2.75, 3.05) is 26.7 Å². The summed E-state index contributed by atoms with van der Waals surface area (Å²) < 4.78 is 103. The van der Waals surface area contributed by atoms with E-state index in [0.29, 0.717) is 43.2 Å². The third kappa shape index (κ3) is 12.8. The number of nitrogens with one attached hydrogen (secondary N) is 1. The number of pyridine rings is 1. The molecule has 6 rings (SSSR count). The molecule has 1 aliphatic heterocycles. The van der Waals surface area contributed by atoms with Crippen molar-refractivity contribution in [1.82, 2.24) is 30.2 Å².